The van der Waals surface area contributed by atoms with Gasteiger partial charge in [0.1, 0.15) is 6.61 Å². The molecule has 5 aliphatic carbocycles. The molecule has 0 aromatic carbocycles. The van der Waals surface area contributed by atoms with Crippen LogP contribution in [0.25, 0.3) is 0 Å². The summed E-state index contributed by atoms with van der Waals surface area (Å²) < 4.78 is 30.4. The van der Waals surface area contributed by atoms with E-state index >= 15 is 4.39 Å². The highest BCUT2D eigenvalue weighted by Gasteiger charge is 2.80. The van der Waals surface area contributed by atoms with Crippen LogP contribution < -0.4 is 0 Å². The van der Waals surface area contributed by atoms with E-state index in [-0.39, 0.29) is 18.1 Å². The Morgan fingerprint density at radius 2 is 1.97 bits per heavy atom. The summed E-state index contributed by atoms with van der Waals surface area (Å²) >= 11 is 0. The fourth-order valence-corrected chi connectivity index (χ4v) is 8.88. The van der Waals surface area contributed by atoms with Crippen LogP contribution in [0.4, 0.5) is 4.39 Å². The van der Waals surface area contributed by atoms with Crippen LogP contribution in [-0.4, -0.2) is 57.7 Å². The first-order valence-corrected chi connectivity index (χ1v) is 12.4. The van der Waals surface area contributed by atoms with Crippen molar-refractivity contribution in [1.29, 1.82) is 0 Å². The molecule has 1 unspecified atom stereocenters. The summed E-state index contributed by atoms with van der Waals surface area (Å²) in [6.07, 6.45) is 7.52. The largest absolute Gasteiger partial charge is 0.390 e. The van der Waals surface area contributed by atoms with Gasteiger partial charge in [-0.25, -0.2) is 4.39 Å². The monoisotopic (exact) mass is 460 g/mol. The Labute approximate surface area is 193 Å². The highest BCUT2D eigenvalue weighted by atomic mass is 19.1. The Balaban J connectivity index is 1.46. The molecule has 1 saturated heterocycles. The first kappa shape index (κ1) is 22.1. The molecule has 5 fully saturated rings. The van der Waals surface area contributed by atoms with Crippen LogP contribution in [0.5, 0.6) is 0 Å². The molecule has 0 aromatic heterocycles. The summed E-state index contributed by atoms with van der Waals surface area (Å²) in [4.78, 5) is 25.4. The number of carbonyl (C=O) groups is 2. The average molecular weight is 461 g/mol. The van der Waals surface area contributed by atoms with E-state index in [4.69, 9.17) is 9.47 Å². The summed E-state index contributed by atoms with van der Waals surface area (Å²) in [5, 5.41) is 21.5. The van der Waals surface area contributed by atoms with Crippen LogP contribution in [-0.2, 0) is 19.1 Å². The van der Waals surface area contributed by atoms with E-state index in [0.717, 1.165) is 18.4 Å². The maximum Gasteiger partial charge on any atom is 0.193 e. The Morgan fingerprint density at radius 3 is 2.67 bits per heavy atom. The second-order valence-electron chi connectivity index (χ2n) is 11.6. The number of rotatable bonds is 2. The normalized spacial score (nSPS) is 51.7. The van der Waals surface area contributed by atoms with Crippen molar-refractivity contribution in [2.24, 2.45) is 22.7 Å². The summed E-state index contributed by atoms with van der Waals surface area (Å²) in [5.41, 5.74) is -4.56. The minimum absolute atomic E-state index is 0.0387. The Kier molecular flexibility index (Phi) is 4.43. The van der Waals surface area contributed by atoms with E-state index in [1.807, 2.05) is 6.92 Å². The van der Waals surface area contributed by atoms with Crippen LogP contribution in [0.1, 0.15) is 65.2 Å². The van der Waals surface area contributed by atoms with Gasteiger partial charge in [-0.2, -0.15) is 0 Å². The number of aliphatic hydroxyl groups excluding tert-OH is 2. The minimum Gasteiger partial charge on any atom is -0.390 e. The van der Waals surface area contributed by atoms with E-state index < -0.39 is 58.4 Å². The Hall–Kier alpha value is -1.41. The number of ketones is 2. The third kappa shape index (κ3) is 2.38. The van der Waals surface area contributed by atoms with E-state index in [1.54, 1.807) is 13.0 Å². The number of aliphatic hydroxyl groups is 2. The average Bonchev–Trinajstić information content (AvgIpc) is 3.43. The molecule has 7 heteroatoms. The molecular weight excluding hydrogens is 427 g/mol. The molecule has 8 atom stereocenters. The highest BCUT2D eigenvalue weighted by molar-refractivity contribution is 6.01. The third-order valence-electron chi connectivity index (χ3n) is 10.4. The van der Waals surface area contributed by atoms with Crippen molar-refractivity contribution >= 4 is 11.6 Å². The van der Waals surface area contributed by atoms with Crippen molar-refractivity contribution in [2.75, 3.05) is 6.61 Å². The van der Waals surface area contributed by atoms with Crippen molar-refractivity contribution < 1.29 is 33.7 Å². The molecule has 6 aliphatic rings. The number of alkyl halides is 1. The lowest BCUT2D eigenvalue weighted by atomic mass is 9.44. The van der Waals surface area contributed by atoms with Gasteiger partial charge >= 0.3 is 0 Å². The minimum atomic E-state index is -1.97. The molecule has 33 heavy (non-hydrogen) atoms. The molecular formula is C26H33FO6. The number of hydrogen-bond donors (Lipinski definition) is 2. The topological polar surface area (TPSA) is 93.1 Å². The summed E-state index contributed by atoms with van der Waals surface area (Å²) in [7, 11) is 0. The molecule has 0 radical (unpaired) electrons. The quantitative estimate of drug-likeness (QED) is 0.658. The first-order chi connectivity index (χ1) is 15.6. The molecule has 1 heterocycles. The number of allylic oxidation sites excluding steroid dienone is 4. The number of ether oxygens (including phenoxy) is 2. The van der Waals surface area contributed by atoms with Crippen LogP contribution in [0.3, 0.4) is 0 Å². The van der Waals surface area contributed by atoms with Gasteiger partial charge in [0.25, 0.3) is 0 Å². The fourth-order valence-electron chi connectivity index (χ4n) is 8.88. The predicted octanol–water partition coefficient (Wildman–Crippen LogP) is 2.95. The molecule has 180 valence electrons. The van der Waals surface area contributed by atoms with Gasteiger partial charge in [-0.05, 0) is 63.5 Å². The van der Waals surface area contributed by atoms with Gasteiger partial charge in [-0.15, -0.1) is 0 Å². The molecule has 6 rings (SSSR count). The lowest BCUT2D eigenvalue weighted by Crippen LogP contribution is -2.70. The number of fused-ring (bicyclic) bond motifs is 7. The zero-order valence-electron chi connectivity index (χ0n) is 19.3. The predicted molar refractivity (Wildman–Crippen MR) is 116 cm³/mol. The number of hydrogen-bond acceptors (Lipinski definition) is 6. The zero-order chi connectivity index (χ0) is 23.4. The smallest absolute Gasteiger partial charge is 0.193 e. The van der Waals surface area contributed by atoms with Gasteiger partial charge in [0, 0.05) is 29.6 Å². The third-order valence-corrected chi connectivity index (χ3v) is 10.4. The van der Waals surface area contributed by atoms with E-state index in [1.165, 1.54) is 12.2 Å². The maximum absolute atomic E-state index is 17.3. The maximum atomic E-state index is 17.3. The van der Waals surface area contributed by atoms with Crippen molar-refractivity contribution in [3.05, 3.63) is 23.8 Å². The molecule has 0 aromatic rings. The molecule has 1 spiro atoms. The summed E-state index contributed by atoms with van der Waals surface area (Å²) in [6.45, 7) is 3.04. The van der Waals surface area contributed by atoms with E-state index in [0.29, 0.717) is 32.1 Å². The van der Waals surface area contributed by atoms with Gasteiger partial charge in [0.2, 0.25) is 0 Å². The molecule has 6 nitrogen and oxygen atoms in total. The second kappa shape index (κ2) is 6.62. The molecule has 0 amide bonds. The Morgan fingerprint density at radius 1 is 1.24 bits per heavy atom. The zero-order valence-corrected chi connectivity index (χ0v) is 19.3. The molecule has 2 N–H and O–H groups in total. The highest BCUT2D eigenvalue weighted by Crippen LogP contribution is 2.73. The van der Waals surface area contributed by atoms with Crippen LogP contribution in [0.15, 0.2) is 23.8 Å². The lowest BCUT2D eigenvalue weighted by Gasteiger charge is -2.62. The van der Waals surface area contributed by atoms with Crippen molar-refractivity contribution in [2.45, 2.75) is 94.5 Å². The number of carbonyl (C=O) groups excluding carboxylic acids is 2. The number of halogens is 1. The van der Waals surface area contributed by atoms with Gasteiger partial charge in [-0.3, -0.25) is 9.59 Å². The second-order valence-corrected chi connectivity index (χ2v) is 11.6. The molecule has 4 saturated carbocycles. The fraction of sp³-hybridized carbons (Fsp3) is 0.769. The van der Waals surface area contributed by atoms with Gasteiger partial charge in [-0.1, -0.05) is 18.6 Å². The lowest BCUT2D eigenvalue weighted by molar-refractivity contribution is -0.253. The summed E-state index contributed by atoms with van der Waals surface area (Å²) in [5.74, 6) is -2.17. The van der Waals surface area contributed by atoms with Crippen molar-refractivity contribution in [3.8, 4) is 0 Å². The van der Waals surface area contributed by atoms with E-state index in [2.05, 4.69) is 0 Å². The van der Waals surface area contributed by atoms with Gasteiger partial charge in [0.15, 0.2) is 28.6 Å². The Bertz CT molecular complexity index is 983. The van der Waals surface area contributed by atoms with Gasteiger partial charge < -0.3 is 19.7 Å². The van der Waals surface area contributed by atoms with Crippen LogP contribution in [0.2, 0.25) is 0 Å². The van der Waals surface area contributed by atoms with Crippen LogP contribution >= 0.6 is 0 Å². The van der Waals surface area contributed by atoms with Gasteiger partial charge in [0.05, 0.1) is 12.2 Å². The van der Waals surface area contributed by atoms with Crippen molar-refractivity contribution in [1.82, 2.24) is 0 Å². The molecule has 0 bridgehead atoms. The standard InChI is InChI=1S/C26H33FO6/c1-22-10-7-16(29)11-15(22)5-6-17-18-12-21-26(20(31)14-28,33-24(32-21)8-3-4-9-24)23(18,2)13-19(30)25(17,22)27/h7,10-11,17-19,21,28,30H,3-6,8-9,12-14H2,1-2H3/t17-,18+,19-,21-,22-,23-,25+,26?/m0/s1. The van der Waals surface area contributed by atoms with Crippen LogP contribution in [0, 0.1) is 22.7 Å². The van der Waals surface area contributed by atoms with E-state index in [9.17, 15) is 19.8 Å². The first-order valence-electron chi connectivity index (χ1n) is 12.4. The molecule has 1 aliphatic heterocycles. The van der Waals surface area contributed by atoms with Crippen molar-refractivity contribution in [3.63, 3.8) is 0 Å². The summed E-state index contributed by atoms with van der Waals surface area (Å²) in [6, 6.07) is 0. The number of Topliss-reactive ketones (excluding diaryl/α,β-unsaturated/α-hetero) is 1. The SMILES string of the molecule is C[C@]12C[C@H](O)[C@]3(F)[C@@H](CCC4=CC(=O)C=C[C@@]43C)[C@H]1C[C@@H]1OC3(CCCC3)OC12C(=O)CO.